The second-order valence-corrected chi connectivity index (χ2v) is 6.55. The highest BCUT2D eigenvalue weighted by atomic mass is 16.5. The number of nitrogens with one attached hydrogen (secondary N) is 1. The number of carboxylic acids is 1. The van der Waals surface area contributed by atoms with E-state index in [4.69, 9.17) is 9.84 Å². The Morgan fingerprint density at radius 1 is 1.35 bits per heavy atom. The maximum Gasteiger partial charge on any atom is 0.326 e. The van der Waals surface area contributed by atoms with Crippen molar-refractivity contribution in [1.82, 2.24) is 5.32 Å². The van der Waals surface area contributed by atoms with Gasteiger partial charge >= 0.3 is 5.97 Å². The topological polar surface area (TPSA) is 75.6 Å². The lowest BCUT2D eigenvalue weighted by Crippen LogP contribution is -2.42. The maximum absolute atomic E-state index is 11.9. The van der Waals surface area contributed by atoms with Crippen molar-refractivity contribution in [2.45, 2.75) is 58.4 Å². The lowest BCUT2D eigenvalue weighted by atomic mass is 9.72. The van der Waals surface area contributed by atoms with E-state index >= 15 is 0 Å². The van der Waals surface area contributed by atoms with Crippen LogP contribution in [-0.2, 0) is 14.3 Å². The molecule has 0 aliphatic heterocycles. The lowest BCUT2D eigenvalue weighted by molar-refractivity contribution is -0.142. The Kier molecular flexibility index (Phi) is 6.46. The molecule has 5 nitrogen and oxygen atoms in total. The van der Waals surface area contributed by atoms with Crippen LogP contribution in [0.5, 0.6) is 0 Å². The van der Waals surface area contributed by atoms with E-state index in [-0.39, 0.29) is 5.91 Å². The van der Waals surface area contributed by atoms with E-state index in [9.17, 15) is 9.59 Å². The van der Waals surface area contributed by atoms with Crippen LogP contribution in [0.15, 0.2) is 0 Å². The van der Waals surface area contributed by atoms with Crippen LogP contribution in [0, 0.1) is 11.3 Å². The fraction of sp³-hybridized carbons (Fsp3) is 0.867. The third kappa shape index (κ3) is 5.90. The van der Waals surface area contributed by atoms with Crippen molar-refractivity contribution in [2.24, 2.45) is 11.3 Å². The molecule has 0 saturated heterocycles. The van der Waals surface area contributed by atoms with Gasteiger partial charge in [0, 0.05) is 26.6 Å². The number of rotatable bonds is 7. The van der Waals surface area contributed by atoms with Gasteiger partial charge in [-0.1, -0.05) is 13.8 Å². The number of ether oxygens (including phenoxy) is 1. The van der Waals surface area contributed by atoms with Gasteiger partial charge in [-0.05, 0) is 37.0 Å². The van der Waals surface area contributed by atoms with Crippen LogP contribution >= 0.6 is 0 Å². The molecule has 1 rings (SSSR count). The molecule has 0 heterocycles. The Morgan fingerprint density at radius 3 is 2.45 bits per heavy atom. The van der Waals surface area contributed by atoms with E-state index in [1.807, 2.05) is 0 Å². The Bertz CT molecular complexity index is 331. The molecule has 1 aliphatic carbocycles. The minimum Gasteiger partial charge on any atom is -0.480 e. The normalized spacial score (nSPS) is 20.4. The molecule has 0 aromatic rings. The molecular formula is C15H27NO4. The molecule has 1 amide bonds. The van der Waals surface area contributed by atoms with Gasteiger partial charge < -0.3 is 15.2 Å². The van der Waals surface area contributed by atoms with Crippen LogP contribution < -0.4 is 5.32 Å². The first kappa shape index (κ1) is 17.0. The van der Waals surface area contributed by atoms with Crippen LogP contribution in [0.25, 0.3) is 0 Å². The number of aliphatic carboxylic acids is 1. The third-order valence-electron chi connectivity index (χ3n) is 4.18. The zero-order valence-corrected chi connectivity index (χ0v) is 12.8. The minimum absolute atomic E-state index is 0.154. The zero-order valence-electron chi connectivity index (χ0n) is 12.8. The number of amides is 1. The summed E-state index contributed by atoms with van der Waals surface area (Å²) in [7, 11) is 1.52. The van der Waals surface area contributed by atoms with Crippen LogP contribution in [0.4, 0.5) is 0 Å². The van der Waals surface area contributed by atoms with Gasteiger partial charge in [-0.15, -0.1) is 0 Å². The molecule has 1 atom stereocenters. The van der Waals surface area contributed by atoms with Crippen molar-refractivity contribution in [2.75, 3.05) is 13.7 Å². The highest BCUT2D eigenvalue weighted by Crippen LogP contribution is 2.39. The average molecular weight is 285 g/mol. The molecule has 0 radical (unpaired) electrons. The van der Waals surface area contributed by atoms with Crippen molar-refractivity contribution in [3.63, 3.8) is 0 Å². The summed E-state index contributed by atoms with van der Waals surface area (Å²) in [5.74, 6) is -0.765. The number of hydrogen-bond acceptors (Lipinski definition) is 3. The van der Waals surface area contributed by atoms with Crippen LogP contribution in [0.1, 0.15) is 52.4 Å². The number of carboxylic acid groups (broad SMARTS) is 1. The molecular weight excluding hydrogens is 258 g/mol. The number of hydrogen-bond donors (Lipinski definition) is 2. The van der Waals surface area contributed by atoms with E-state index in [0.717, 1.165) is 25.7 Å². The molecule has 0 spiro atoms. The van der Waals surface area contributed by atoms with E-state index in [2.05, 4.69) is 19.2 Å². The predicted molar refractivity (Wildman–Crippen MR) is 76.4 cm³/mol. The van der Waals surface area contributed by atoms with Gasteiger partial charge in [0.15, 0.2) is 0 Å². The van der Waals surface area contributed by atoms with E-state index in [1.165, 1.54) is 7.11 Å². The van der Waals surface area contributed by atoms with Crippen LogP contribution in [0.3, 0.4) is 0 Å². The predicted octanol–water partition coefficient (Wildman–Crippen LogP) is 2.20. The zero-order chi connectivity index (χ0) is 15.2. The largest absolute Gasteiger partial charge is 0.480 e. The first-order valence-electron chi connectivity index (χ1n) is 7.35. The molecule has 1 aliphatic rings. The second-order valence-electron chi connectivity index (χ2n) is 6.55. The molecule has 1 saturated carbocycles. The number of carbonyl (C=O) groups is 2. The summed E-state index contributed by atoms with van der Waals surface area (Å²) in [6, 6.07) is -0.845. The summed E-state index contributed by atoms with van der Waals surface area (Å²) in [6.45, 7) is 4.85. The van der Waals surface area contributed by atoms with Gasteiger partial charge in [-0.2, -0.15) is 0 Å². The molecule has 0 aromatic heterocycles. The lowest BCUT2D eigenvalue weighted by Gasteiger charge is -2.34. The van der Waals surface area contributed by atoms with Gasteiger partial charge in [-0.25, -0.2) is 4.79 Å². The molecule has 5 heteroatoms. The van der Waals surface area contributed by atoms with Gasteiger partial charge in [0.05, 0.1) is 0 Å². The van der Waals surface area contributed by atoms with Crippen LogP contribution in [-0.4, -0.2) is 36.7 Å². The molecule has 116 valence electrons. The number of carbonyl (C=O) groups excluding carboxylic acids is 1. The fourth-order valence-corrected chi connectivity index (χ4v) is 2.67. The Hall–Kier alpha value is -1.10. The minimum atomic E-state index is -1.000. The van der Waals surface area contributed by atoms with E-state index in [0.29, 0.717) is 30.8 Å². The first-order chi connectivity index (χ1) is 9.34. The molecule has 2 N–H and O–H groups in total. The van der Waals surface area contributed by atoms with Gasteiger partial charge in [0.25, 0.3) is 0 Å². The summed E-state index contributed by atoms with van der Waals surface area (Å²) in [5, 5.41) is 11.7. The van der Waals surface area contributed by atoms with Crippen LogP contribution in [0.2, 0.25) is 0 Å². The van der Waals surface area contributed by atoms with E-state index < -0.39 is 12.0 Å². The van der Waals surface area contributed by atoms with Crippen molar-refractivity contribution >= 4 is 11.9 Å². The average Bonchev–Trinajstić information content (AvgIpc) is 2.36. The van der Waals surface area contributed by atoms with Crippen molar-refractivity contribution < 1.29 is 19.4 Å². The van der Waals surface area contributed by atoms with Gasteiger partial charge in [0.2, 0.25) is 5.91 Å². The van der Waals surface area contributed by atoms with Crippen molar-refractivity contribution in [3.05, 3.63) is 0 Å². The quantitative estimate of drug-likeness (QED) is 0.752. The standard InChI is InChI=1S/C15H27NO4/c1-15(2)7-4-11(5-8-15)10-13(17)16-12(14(18)19)6-9-20-3/h11-12H,4-10H2,1-3H3,(H,16,17)(H,18,19). The smallest absolute Gasteiger partial charge is 0.326 e. The Balaban J connectivity index is 2.36. The van der Waals surface area contributed by atoms with Gasteiger partial charge in [0.1, 0.15) is 6.04 Å². The van der Waals surface area contributed by atoms with E-state index in [1.54, 1.807) is 0 Å². The monoisotopic (exact) mass is 285 g/mol. The second kappa shape index (κ2) is 7.62. The highest BCUT2D eigenvalue weighted by Gasteiger charge is 2.29. The molecule has 1 fully saturated rings. The molecule has 0 bridgehead atoms. The molecule has 1 unspecified atom stereocenters. The summed E-state index contributed by atoms with van der Waals surface area (Å²) in [4.78, 5) is 23.0. The summed E-state index contributed by atoms with van der Waals surface area (Å²) in [5.41, 5.74) is 0.384. The Morgan fingerprint density at radius 2 is 1.95 bits per heavy atom. The molecule has 20 heavy (non-hydrogen) atoms. The van der Waals surface area contributed by atoms with Gasteiger partial charge in [-0.3, -0.25) is 4.79 Å². The molecule has 0 aromatic carbocycles. The Labute approximate surface area is 121 Å². The highest BCUT2D eigenvalue weighted by molar-refractivity contribution is 5.83. The summed E-state index contributed by atoms with van der Waals surface area (Å²) < 4.78 is 4.86. The third-order valence-corrected chi connectivity index (χ3v) is 4.18. The SMILES string of the molecule is COCCC(NC(=O)CC1CCC(C)(C)CC1)C(=O)O. The van der Waals surface area contributed by atoms with Crippen molar-refractivity contribution in [3.8, 4) is 0 Å². The summed E-state index contributed by atoms with van der Waals surface area (Å²) in [6.07, 6.45) is 5.11. The summed E-state index contributed by atoms with van der Waals surface area (Å²) >= 11 is 0. The fourth-order valence-electron chi connectivity index (χ4n) is 2.67. The first-order valence-corrected chi connectivity index (χ1v) is 7.35. The van der Waals surface area contributed by atoms with Crippen molar-refractivity contribution in [1.29, 1.82) is 0 Å². The maximum atomic E-state index is 11.9. The number of methoxy groups -OCH3 is 1.